The van der Waals surface area contributed by atoms with Gasteiger partial charge in [0.2, 0.25) is 0 Å². The molecule has 0 bridgehead atoms. The summed E-state index contributed by atoms with van der Waals surface area (Å²) in [5, 5.41) is 4.54. The quantitative estimate of drug-likeness (QED) is 0.680. The smallest absolute Gasteiger partial charge is 0.153 e. The van der Waals surface area contributed by atoms with E-state index in [4.69, 9.17) is 0 Å². The molecule has 0 atom stereocenters. The van der Waals surface area contributed by atoms with Crippen molar-refractivity contribution >= 4 is 22.2 Å². The third-order valence-electron chi connectivity index (χ3n) is 3.12. The SMILES string of the molecule is Cc1cncc(-c2nn(-c3ccccc3Br)cc2C=O)c1. The van der Waals surface area contributed by atoms with Crippen LogP contribution < -0.4 is 0 Å². The number of nitrogens with zero attached hydrogens (tertiary/aromatic N) is 3. The van der Waals surface area contributed by atoms with Crippen molar-refractivity contribution in [2.45, 2.75) is 6.92 Å². The van der Waals surface area contributed by atoms with Gasteiger partial charge in [0.05, 0.1) is 11.3 Å². The van der Waals surface area contributed by atoms with E-state index in [1.807, 2.05) is 37.3 Å². The van der Waals surface area contributed by atoms with E-state index in [1.165, 1.54) is 0 Å². The summed E-state index contributed by atoms with van der Waals surface area (Å²) in [6, 6.07) is 9.70. The van der Waals surface area contributed by atoms with E-state index in [0.717, 1.165) is 27.6 Å². The van der Waals surface area contributed by atoms with Gasteiger partial charge in [-0.2, -0.15) is 5.10 Å². The minimum Gasteiger partial charge on any atom is -0.298 e. The van der Waals surface area contributed by atoms with Crippen LogP contribution in [-0.4, -0.2) is 21.1 Å². The molecule has 0 N–H and O–H groups in total. The van der Waals surface area contributed by atoms with Crippen LogP contribution in [0.4, 0.5) is 0 Å². The van der Waals surface area contributed by atoms with Gasteiger partial charge in [-0.25, -0.2) is 4.68 Å². The molecule has 0 aliphatic carbocycles. The first-order chi connectivity index (χ1) is 10.2. The predicted molar refractivity (Wildman–Crippen MR) is 84.6 cm³/mol. The van der Waals surface area contributed by atoms with Crippen LogP contribution in [0.3, 0.4) is 0 Å². The molecule has 0 unspecified atom stereocenters. The summed E-state index contributed by atoms with van der Waals surface area (Å²) in [5.74, 6) is 0. The number of hydrogen-bond acceptors (Lipinski definition) is 3. The zero-order chi connectivity index (χ0) is 14.8. The van der Waals surface area contributed by atoms with Gasteiger partial charge in [0.25, 0.3) is 0 Å². The van der Waals surface area contributed by atoms with Crippen molar-refractivity contribution in [1.82, 2.24) is 14.8 Å². The van der Waals surface area contributed by atoms with Gasteiger partial charge in [-0.3, -0.25) is 9.78 Å². The Morgan fingerprint density at radius 1 is 1.24 bits per heavy atom. The highest BCUT2D eigenvalue weighted by Crippen LogP contribution is 2.25. The van der Waals surface area contributed by atoms with Gasteiger partial charge in [0.1, 0.15) is 5.69 Å². The van der Waals surface area contributed by atoms with Gasteiger partial charge in [0, 0.05) is 28.6 Å². The number of halogens is 1. The number of aldehydes is 1. The molecular weight excluding hydrogens is 330 g/mol. The Morgan fingerprint density at radius 3 is 2.76 bits per heavy atom. The molecule has 3 rings (SSSR count). The second kappa shape index (κ2) is 5.61. The van der Waals surface area contributed by atoms with Crippen molar-refractivity contribution in [3.63, 3.8) is 0 Å². The van der Waals surface area contributed by atoms with Gasteiger partial charge in [-0.05, 0) is 46.6 Å². The zero-order valence-corrected chi connectivity index (χ0v) is 12.9. The molecular formula is C16H12BrN3O. The number of hydrogen-bond donors (Lipinski definition) is 0. The van der Waals surface area contributed by atoms with Crippen molar-refractivity contribution in [2.24, 2.45) is 0 Å². The van der Waals surface area contributed by atoms with Gasteiger partial charge >= 0.3 is 0 Å². The van der Waals surface area contributed by atoms with E-state index in [0.29, 0.717) is 11.3 Å². The lowest BCUT2D eigenvalue weighted by Crippen LogP contribution is -1.96. The van der Waals surface area contributed by atoms with Crippen molar-refractivity contribution in [3.8, 4) is 16.9 Å². The Hall–Kier alpha value is -2.27. The molecule has 2 heterocycles. The van der Waals surface area contributed by atoms with E-state index in [2.05, 4.69) is 26.0 Å². The fourth-order valence-electron chi connectivity index (χ4n) is 2.14. The highest BCUT2D eigenvalue weighted by molar-refractivity contribution is 9.10. The minimum atomic E-state index is 0.540. The Labute approximate surface area is 130 Å². The molecule has 0 aliphatic heterocycles. The Balaban J connectivity index is 2.15. The lowest BCUT2D eigenvalue weighted by atomic mass is 10.1. The summed E-state index contributed by atoms with van der Waals surface area (Å²) in [7, 11) is 0. The molecule has 1 aromatic carbocycles. The number of para-hydroxylation sites is 1. The zero-order valence-electron chi connectivity index (χ0n) is 11.3. The van der Waals surface area contributed by atoms with Gasteiger partial charge in [-0.15, -0.1) is 0 Å². The second-order valence-electron chi connectivity index (χ2n) is 4.70. The normalized spacial score (nSPS) is 10.6. The molecule has 4 nitrogen and oxygen atoms in total. The average molecular weight is 342 g/mol. The molecule has 0 amide bonds. The molecule has 0 saturated carbocycles. The molecule has 2 aromatic heterocycles. The number of aromatic nitrogens is 3. The fourth-order valence-corrected chi connectivity index (χ4v) is 2.61. The highest BCUT2D eigenvalue weighted by atomic mass is 79.9. The van der Waals surface area contributed by atoms with Crippen LogP contribution in [0, 0.1) is 6.92 Å². The van der Waals surface area contributed by atoms with Gasteiger partial charge < -0.3 is 0 Å². The molecule has 3 aromatic rings. The molecule has 0 aliphatic rings. The highest BCUT2D eigenvalue weighted by Gasteiger charge is 2.13. The first kappa shape index (κ1) is 13.7. The van der Waals surface area contributed by atoms with E-state index in [-0.39, 0.29) is 0 Å². The van der Waals surface area contributed by atoms with Crippen LogP contribution in [0.25, 0.3) is 16.9 Å². The average Bonchev–Trinajstić information content (AvgIpc) is 2.92. The summed E-state index contributed by atoms with van der Waals surface area (Å²) in [4.78, 5) is 15.5. The molecule has 0 radical (unpaired) electrons. The summed E-state index contributed by atoms with van der Waals surface area (Å²) in [5.41, 5.74) is 3.92. The maximum atomic E-state index is 11.3. The number of aryl methyl sites for hydroxylation is 1. The maximum absolute atomic E-state index is 11.3. The van der Waals surface area contributed by atoms with Crippen molar-refractivity contribution < 1.29 is 4.79 Å². The molecule has 0 fully saturated rings. The largest absolute Gasteiger partial charge is 0.298 e. The van der Waals surface area contributed by atoms with Crippen LogP contribution in [0.2, 0.25) is 0 Å². The van der Waals surface area contributed by atoms with Gasteiger partial charge in [0.15, 0.2) is 6.29 Å². The van der Waals surface area contributed by atoms with Gasteiger partial charge in [-0.1, -0.05) is 12.1 Å². The third kappa shape index (κ3) is 2.64. The van der Waals surface area contributed by atoms with Crippen LogP contribution in [0.5, 0.6) is 0 Å². The summed E-state index contributed by atoms with van der Waals surface area (Å²) >= 11 is 3.50. The van der Waals surface area contributed by atoms with Crippen LogP contribution in [-0.2, 0) is 0 Å². The summed E-state index contributed by atoms with van der Waals surface area (Å²) < 4.78 is 2.62. The monoisotopic (exact) mass is 341 g/mol. The summed E-state index contributed by atoms with van der Waals surface area (Å²) in [6.07, 6.45) is 6.03. The fraction of sp³-hybridized carbons (Fsp3) is 0.0625. The molecule has 0 saturated heterocycles. The maximum Gasteiger partial charge on any atom is 0.153 e. The minimum absolute atomic E-state index is 0.540. The number of rotatable bonds is 3. The first-order valence-corrected chi connectivity index (χ1v) is 7.20. The number of carbonyl (C=O) groups is 1. The Kier molecular flexibility index (Phi) is 3.66. The number of benzene rings is 1. The lowest BCUT2D eigenvalue weighted by molar-refractivity contribution is 0.112. The topological polar surface area (TPSA) is 47.8 Å². The lowest BCUT2D eigenvalue weighted by Gasteiger charge is -2.03. The number of pyridine rings is 1. The van der Waals surface area contributed by atoms with Crippen LogP contribution in [0.1, 0.15) is 15.9 Å². The Morgan fingerprint density at radius 2 is 2.05 bits per heavy atom. The third-order valence-corrected chi connectivity index (χ3v) is 3.79. The Bertz CT molecular complexity index is 811. The van der Waals surface area contributed by atoms with E-state index < -0.39 is 0 Å². The van der Waals surface area contributed by atoms with Crippen molar-refractivity contribution in [3.05, 3.63) is 64.5 Å². The predicted octanol–water partition coefficient (Wildman–Crippen LogP) is 3.82. The van der Waals surface area contributed by atoms with Crippen molar-refractivity contribution in [1.29, 1.82) is 0 Å². The number of carbonyl (C=O) groups excluding carboxylic acids is 1. The standard InChI is InChI=1S/C16H12BrN3O/c1-11-6-12(8-18-7-11)16-13(10-21)9-20(19-16)15-5-3-2-4-14(15)17/h2-10H,1H3. The molecule has 104 valence electrons. The summed E-state index contributed by atoms with van der Waals surface area (Å²) in [6.45, 7) is 1.96. The van der Waals surface area contributed by atoms with Crippen molar-refractivity contribution in [2.75, 3.05) is 0 Å². The van der Waals surface area contributed by atoms with Crippen LogP contribution >= 0.6 is 15.9 Å². The molecule has 0 spiro atoms. The first-order valence-electron chi connectivity index (χ1n) is 6.41. The second-order valence-corrected chi connectivity index (χ2v) is 5.55. The van der Waals surface area contributed by atoms with E-state index in [1.54, 1.807) is 23.3 Å². The molecule has 21 heavy (non-hydrogen) atoms. The molecule has 5 heteroatoms. The van der Waals surface area contributed by atoms with E-state index in [9.17, 15) is 4.79 Å². The van der Waals surface area contributed by atoms with Crippen LogP contribution in [0.15, 0.2) is 53.4 Å². The van der Waals surface area contributed by atoms with E-state index >= 15 is 0 Å².